The second-order valence-electron chi connectivity index (χ2n) is 5.00. The molecule has 0 bridgehead atoms. The van der Waals surface area contributed by atoms with Crippen molar-refractivity contribution in [3.63, 3.8) is 0 Å². The van der Waals surface area contributed by atoms with Gasteiger partial charge in [0.25, 0.3) is 0 Å². The van der Waals surface area contributed by atoms with Crippen molar-refractivity contribution in [3.8, 4) is 0 Å². The number of carbonyl (C=O) groups is 1. The Morgan fingerprint density at radius 3 is 2.89 bits per heavy atom. The van der Waals surface area contributed by atoms with E-state index >= 15 is 0 Å². The van der Waals surface area contributed by atoms with Crippen LogP contribution in [0.5, 0.6) is 0 Å². The predicted octanol–water partition coefficient (Wildman–Crippen LogP) is 0.944. The summed E-state index contributed by atoms with van der Waals surface area (Å²) in [5.41, 5.74) is 0. The summed E-state index contributed by atoms with van der Waals surface area (Å²) < 4.78 is 1.80. The van der Waals surface area contributed by atoms with Crippen LogP contribution in [0.15, 0.2) is 12.3 Å². The minimum atomic E-state index is -0.00522. The lowest BCUT2D eigenvalue weighted by atomic mass is 10.3. The molecule has 1 amide bonds. The van der Waals surface area contributed by atoms with Crippen LogP contribution in [0.3, 0.4) is 0 Å². The molecule has 6 nitrogen and oxygen atoms in total. The highest BCUT2D eigenvalue weighted by atomic mass is 16.2. The van der Waals surface area contributed by atoms with Gasteiger partial charge in [0.2, 0.25) is 5.91 Å². The van der Waals surface area contributed by atoms with Gasteiger partial charge >= 0.3 is 0 Å². The van der Waals surface area contributed by atoms with Gasteiger partial charge in [-0.2, -0.15) is 5.10 Å². The zero-order valence-corrected chi connectivity index (χ0v) is 12.3. The van der Waals surface area contributed by atoms with Crippen molar-refractivity contribution in [1.29, 1.82) is 0 Å². The Balaban J connectivity index is 2.40. The number of hydrogen-bond donors (Lipinski definition) is 2. The molecule has 0 aromatic carbocycles. The summed E-state index contributed by atoms with van der Waals surface area (Å²) in [6.45, 7) is 6.33. The number of rotatable bonds is 8. The maximum atomic E-state index is 11.9. The van der Waals surface area contributed by atoms with E-state index < -0.39 is 0 Å². The van der Waals surface area contributed by atoms with Crippen molar-refractivity contribution in [1.82, 2.24) is 20.0 Å². The summed E-state index contributed by atoms with van der Waals surface area (Å²) in [5.74, 6) is 0.748. The predicted molar refractivity (Wildman–Crippen MR) is 77.3 cm³/mol. The average molecular weight is 267 g/mol. The van der Waals surface area contributed by atoms with E-state index in [0.717, 1.165) is 25.3 Å². The third kappa shape index (κ3) is 5.40. The molecule has 0 radical (unpaired) electrons. The van der Waals surface area contributed by atoms with Crippen LogP contribution in [0.4, 0.5) is 5.82 Å². The SMILES string of the molecule is CNCCCN(C)CC(=O)Nc1ccnn1C(C)C. The second kappa shape index (κ2) is 7.91. The van der Waals surface area contributed by atoms with Crippen molar-refractivity contribution in [2.45, 2.75) is 26.3 Å². The monoisotopic (exact) mass is 267 g/mol. The summed E-state index contributed by atoms with van der Waals surface area (Å²) in [6.07, 6.45) is 2.73. The van der Waals surface area contributed by atoms with Gasteiger partial charge in [0.1, 0.15) is 5.82 Å². The van der Waals surface area contributed by atoms with Gasteiger partial charge in [-0.15, -0.1) is 0 Å². The lowest BCUT2D eigenvalue weighted by molar-refractivity contribution is -0.117. The lowest BCUT2D eigenvalue weighted by Gasteiger charge is -2.17. The maximum absolute atomic E-state index is 11.9. The Bertz CT molecular complexity index is 388. The highest BCUT2D eigenvalue weighted by Gasteiger charge is 2.11. The smallest absolute Gasteiger partial charge is 0.239 e. The van der Waals surface area contributed by atoms with Crippen molar-refractivity contribution in [3.05, 3.63) is 12.3 Å². The van der Waals surface area contributed by atoms with Gasteiger partial charge in [-0.1, -0.05) is 0 Å². The van der Waals surface area contributed by atoms with Crippen LogP contribution < -0.4 is 10.6 Å². The first-order chi connectivity index (χ1) is 9.04. The molecule has 0 unspecified atom stereocenters. The van der Waals surface area contributed by atoms with Crippen molar-refractivity contribution in [2.75, 3.05) is 39.0 Å². The van der Waals surface area contributed by atoms with Gasteiger partial charge in [0, 0.05) is 12.1 Å². The second-order valence-corrected chi connectivity index (χ2v) is 5.00. The van der Waals surface area contributed by atoms with Gasteiger partial charge < -0.3 is 10.6 Å². The van der Waals surface area contributed by atoms with Gasteiger partial charge in [-0.05, 0) is 47.5 Å². The Morgan fingerprint density at radius 1 is 1.53 bits per heavy atom. The number of nitrogens with zero attached hydrogens (tertiary/aromatic N) is 3. The fourth-order valence-electron chi connectivity index (χ4n) is 1.86. The quantitative estimate of drug-likeness (QED) is 0.688. The first kappa shape index (κ1) is 15.7. The molecule has 0 saturated carbocycles. The molecular weight excluding hydrogens is 242 g/mol. The molecule has 1 aromatic heterocycles. The van der Waals surface area contributed by atoms with Gasteiger partial charge in [0.05, 0.1) is 12.7 Å². The molecule has 108 valence electrons. The third-order valence-electron chi connectivity index (χ3n) is 2.81. The van der Waals surface area contributed by atoms with Crippen LogP contribution in [-0.2, 0) is 4.79 Å². The van der Waals surface area contributed by atoms with E-state index in [4.69, 9.17) is 0 Å². The molecular formula is C13H25N5O. The van der Waals surface area contributed by atoms with Crippen molar-refractivity contribution >= 4 is 11.7 Å². The maximum Gasteiger partial charge on any atom is 0.239 e. The molecule has 0 aliphatic heterocycles. The molecule has 1 heterocycles. The Kier molecular flexibility index (Phi) is 6.52. The summed E-state index contributed by atoms with van der Waals surface area (Å²) in [4.78, 5) is 13.9. The van der Waals surface area contributed by atoms with Crippen LogP contribution in [0.2, 0.25) is 0 Å². The molecule has 2 N–H and O–H groups in total. The molecule has 6 heteroatoms. The Morgan fingerprint density at radius 2 is 2.26 bits per heavy atom. The van der Waals surface area contributed by atoms with E-state index in [9.17, 15) is 4.79 Å². The molecule has 0 fully saturated rings. The summed E-state index contributed by atoms with van der Waals surface area (Å²) >= 11 is 0. The highest BCUT2D eigenvalue weighted by Crippen LogP contribution is 2.12. The third-order valence-corrected chi connectivity index (χ3v) is 2.81. The zero-order valence-electron chi connectivity index (χ0n) is 12.3. The van der Waals surface area contributed by atoms with Gasteiger partial charge in [-0.25, -0.2) is 4.68 Å². The molecule has 1 rings (SSSR count). The van der Waals surface area contributed by atoms with Crippen molar-refractivity contribution < 1.29 is 4.79 Å². The van der Waals surface area contributed by atoms with Crippen LogP contribution >= 0.6 is 0 Å². The van der Waals surface area contributed by atoms with Gasteiger partial charge in [0.15, 0.2) is 0 Å². The van der Waals surface area contributed by atoms with Crippen LogP contribution in [0, 0.1) is 0 Å². The van der Waals surface area contributed by atoms with E-state index in [2.05, 4.69) is 15.7 Å². The van der Waals surface area contributed by atoms with E-state index in [-0.39, 0.29) is 11.9 Å². The highest BCUT2D eigenvalue weighted by molar-refractivity contribution is 5.91. The lowest BCUT2D eigenvalue weighted by Crippen LogP contribution is -2.32. The van der Waals surface area contributed by atoms with Crippen LogP contribution in [-0.4, -0.2) is 54.3 Å². The normalized spacial score (nSPS) is 11.3. The Labute approximate surface area is 115 Å². The minimum absolute atomic E-state index is 0.00522. The van der Waals surface area contributed by atoms with Crippen molar-refractivity contribution in [2.24, 2.45) is 0 Å². The summed E-state index contributed by atoms with van der Waals surface area (Å²) in [7, 11) is 3.88. The summed E-state index contributed by atoms with van der Waals surface area (Å²) in [6, 6.07) is 2.05. The zero-order chi connectivity index (χ0) is 14.3. The fraction of sp³-hybridized carbons (Fsp3) is 0.692. The molecule has 1 aromatic rings. The average Bonchev–Trinajstić information content (AvgIpc) is 2.77. The molecule has 19 heavy (non-hydrogen) atoms. The number of amides is 1. The van der Waals surface area contributed by atoms with E-state index in [1.807, 2.05) is 38.9 Å². The number of anilines is 1. The van der Waals surface area contributed by atoms with E-state index in [1.54, 1.807) is 10.9 Å². The fourth-order valence-corrected chi connectivity index (χ4v) is 1.86. The number of likely N-dealkylation sites (N-methyl/N-ethyl adjacent to an activating group) is 1. The number of nitrogens with one attached hydrogen (secondary N) is 2. The first-order valence-electron chi connectivity index (χ1n) is 6.71. The van der Waals surface area contributed by atoms with Gasteiger partial charge in [-0.3, -0.25) is 9.69 Å². The Hall–Kier alpha value is -1.40. The molecule has 0 aliphatic carbocycles. The largest absolute Gasteiger partial charge is 0.320 e. The standard InChI is InChI=1S/C13H25N5O/c1-11(2)18-12(6-8-15-18)16-13(19)10-17(4)9-5-7-14-3/h6,8,11,14H,5,7,9-10H2,1-4H3,(H,16,19). The summed E-state index contributed by atoms with van der Waals surface area (Å²) in [5, 5.41) is 10.2. The minimum Gasteiger partial charge on any atom is -0.320 e. The van der Waals surface area contributed by atoms with Crippen LogP contribution in [0.1, 0.15) is 26.3 Å². The first-order valence-corrected chi connectivity index (χ1v) is 6.71. The van der Waals surface area contributed by atoms with Crippen LogP contribution in [0.25, 0.3) is 0 Å². The molecule has 0 saturated heterocycles. The topological polar surface area (TPSA) is 62.2 Å². The molecule has 0 spiro atoms. The number of hydrogen-bond acceptors (Lipinski definition) is 4. The van der Waals surface area contributed by atoms with E-state index in [1.165, 1.54) is 0 Å². The molecule has 0 aliphatic rings. The molecule has 0 atom stereocenters. The van der Waals surface area contributed by atoms with E-state index in [0.29, 0.717) is 6.54 Å². The number of aromatic nitrogens is 2. The number of carbonyl (C=O) groups excluding carboxylic acids is 1.